The van der Waals surface area contributed by atoms with Crippen molar-refractivity contribution in [2.45, 2.75) is 26.1 Å². The fourth-order valence-electron chi connectivity index (χ4n) is 3.85. The molecule has 2 aliphatic heterocycles. The smallest absolute Gasteiger partial charge is 0.337 e. The van der Waals surface area contributed by atoms with Crippen LogP contribution in [0, 0.1) is 0 Å². The Morgan fingerprint density at radius 1 is 1.26 bits per heavy atom. The number of carbonyl (C=O) groups excluding carboxylic acids is 2. The van der Waals surface area contributed by atoms with Crippen molar-refractivity contribution < 1.29 is 38.4 Å². The van der Waals surface area contributed by atoms with Crippen LogP contribution in [0.5, 0.6) is 23.0 Å². The van der Waals surface area contributed by atoms with Crippen LogP contribution in [0.25, 0.3) is 0 Å². The van der Waals surface area contributed by atoms with Crippen LogP contribution in [0.4, 0.5) is 4.79 Å². The Kier molecular flexibility index (Phi) is 8.59. The lowest BCUT2D eigenvalue weighted by Crippen LogP contribution is -2.45. The number of fused-ring (bicyclic) bond motifs is 1. The molecule has 0 aromatic heterocycles. The number of esters is 1. The first kappa shape index (κ1) is 27.1. The van der Waals surface area contributed by atoms with E-state index in [-0.39, 0.29) is 19.0 Å². The summed E-state index contributed by atoms with van der Waals surface area (Å²) in [6.45, 7) is 3.80. The van der Waals surface area contributed by atoms with Crippen molar-refractivity contribution in [2.24, 2.45) is 5.10 Å². The maximum Gasteiger partial charge on any atom is 0.337 e. The maximum atomic E-state index is 12.4. The molecule has 0 unspecified atom stereocenters. The molecule has 0 aliphatic carbocycles. The van der Waals surface area contributed by atoms with Crippen LogP contribution in [0.15, 0.2) is 51.2 Å². The van der Waals surface area contributed by atoms with Gasteiger partial charge >= 0.3 is 12.0 Å². The minimum atomic E-state index is -1.13. The molecule has 13 heteroatoms. The Labute approximate surface area is 227 Å². The standard InChI is InChI=1S/C25H27BrN4O8/c1-4-35-18-7-14(23-22(24(32)34-3)13(2)28-25(33)29-23)5-6-17(18)36-11-21(31)30-27-10-15-8-19-20(9-16(15)26)38-12-37-19/h5-10,21,23,30-31H,4,11-12H2,1-3H3,(H2,28,29,33)/b27-10+/t21-,23-/m1/s1. The molecule has 2 aromatic carbocycles. The van der Waals surface area contributed by atoms with Gasteiger partial charge in [0.05, 0.1) is 31.5 Å². The molecule has 4 rings (SSSR count). The van der Waals surface area contributed by atoms with E-state index in [1.807, 2.05) is 6.92 Å². The monoisotopic (exact) mass is 590 g/mol. The lowest BCUT2D eigenvalue weighted by molar-refractivity contribution is -0.136. The second-order valence-corrected chi connectivity index (χ2v) is 9.00. The average molecular weight is 591 g/mol. The first-order valence-electron chi connectivity index (χ1n) is 11.6. The predicted octanol–water partition coefficient (Wildman–Crippen LogP) is 2.70. The number of urea groups is 1. The largest absolute Gasteiger partial charge is 0.490 e. The Hall–Kier alpha value is -3.97. The van der Waals surface area contributed by atoms with Crippen LogP contribution in [0.2, 0.25) is 0 Å². The zero-order valence-corrected chi connectivity index (χ0v) is 22.5. The third kappa shape index (κ3) is 6.11. The number of nitrogens with one attached hydrogen (secondary N) is 3. The number of aliphatic hydroxyl groups is 1. The number of hydrogen-bond acceptors (Lipinski definition) is 10. The number of ether oxygens (including phenoxy) is 5. The zero-order chi connectivity index (χ0) is 27.2. The summed E-state index contributed by atoms with van der Waals surface area (Å²) in [5, 5.41) is 19.7. The molecule has 2 aromatic rings. The summed E-state index contributed by atoms with van der Waals surface area (Å²) in [5.41, 5.74) is 4.58. The van der Waals surface area contributed by atoms with E-state index < -0.39 is 24.3 Å². The van der Waals surface area contributed by atoms with E-state index in [4.69, 9.17) is 23.7 Å². The number of methoxy groups -OCH3 is 1. The van der Waals surface area contributed by atoms with Crippen molar-refractivity contribution in [3.05, 3.63) is 57.2 Å². The second kappa shape index (κ2) is 12.0. The minimum absolute atomic E-state index is 0.143. The molecule has 0 fully saturated rings. The molecule has 0 saturated heterocycles. The molecule has 2 aliphatic rings. The van der Waals surface area contributed by atoms with E-state index in [9.17, 15) is 14.7 Å². The summed E-state index contributed by atoms with van der Waals surface area (Å²) < 4.78 is 27.8. The van der Waals surface area contributed by atoms with Gasteiger partial charge in [-0.15, -0.1) is 0 Å². The first-order chi connectivity index (χ1) is 18.3. The number of aliphatic hydroxyl groups excluding tert-OH is 1. The molecule has 202 valence electrons. The van der Waals surface area contributed by atoms with E-state index in [0.29, 0.717) is 40.9 Å². The van der Waals surface area contributed by atoms with Gasteiger partial charge in [0.1, 0.15) is 6.61 Å². The molecule has 2 atom stereocenters. The SMILES string of the molecule is CCOc1cc([C@H]2NC(=O)NC(C)=C2C(=O)OC)ccc1OC[C@@H](O)N/N=C/c1cc2c(cc1Br)OCO2. The second-order valence-electron chi connectivity index (χ2n) is 8.14. The lowest BCUT2D eigenvalue weighted by atomic mass is 9.95. The number of rotatable bonds is 10. The third-order valence-electron chi connectivity index (χ3n) is 5.59. The Morgan fingerprint density at radius 2 is 2.03 bits per heavy atom. The van der Waals surface area contributed by atoms with Gasteiger partial charge in [-0.2, -0.15) is 5.10 Å². The minimum Gasteiger partial charge on any atom is -0.490 e. The molecule has 2 amide bonds. The number of amides is 2. The highest BCUT2D eigenvalue weighted by Crippen LogP contribution is 2.37. The Bertz CT molecular complexity index is 1280. The summed E-state index contributed by atoms with van der Waals surface area (Å²) in [5.74, 6) is 1.42. The van der Waals surface area contributed by atoms with Crippen LogP contribution in [-0.2, 0) is 9.53 Å². The number of nitrogens with zero attached hydrogens (tertiary/aromatic N) is 1. The van der Waals surface area contributed by atoms with E-state index in [2.05, 4.69) is 37.1 Å². The molecule has 2 heterocycles. The van der Waals surface area contributed by atoms with Gasteiger partial charge in [0.2, 0.25) is 6.79 Å². The highest BCUT2D eigenvalue weighted by Gasteiger charge is 2.32. The van der Waals surface area contributed by atoms with Crippen LogP contribution >= 0.6 is 15.9 Å². The van der Waals surface area contributed by atoms with Gasteiger partial charge in [0.15, 0.2) is 29.2 Å². The van der Waals surface area contributed by atoms with Gasteiger partial charge in [-0.05, 0) is 59.6 Å². The summed E-state index contributed by atoms with van der Waals surface area (Å²) in [7, 11) is 1.27. The van der Waals surface area contributed by atoms with Crippen molar-refractivity contribution in [1.82, 2.24) is 16.1 Å². The van der Waals surface area contributed by atoms with Gasteiger partial charge in [-0.1, -0.05) is 6.07 Å². The number of hydrogen-bond donors (Lipinski definition) is 4. The number of benzene rings is 2. The number of carbonyl (C=O) groups is 2. The molecule has 12 nitrogen and oxygen atoms in total. The quantitative estimate of drug-likeness (QED) is 0.142. The summed E-state index contributed by atoms with van der Waals surface area (Å²) in [6, 6.07) is 7.35. The van der Waals surface area contributed by atoms with E-state index in [0.717, 1.165) is 10.0 Å². The molecular weight excluding hydrogens is 564 g/mol. The zero-order valence-electron chi connectivity index (χ0n) is 20.9. The summed E-state index contributed by atoms with van der Waals surface area (Å²) in [6.07, 6.45) is 0.394. The normalized spacial score (nSPS) is 17.1. The molecule has 0 spiro atoms. The third-order valence-corrected chi connectivity index (χ3v) is 6.28. The number of hydrazone groups is 1. The lowest BCUT2D eigenvalue weighted by Gasteiger charge is -2.28. The molecule has 0 saturated carbocycles. The molecule has 4 N–H and O–H groups in total. The van der Waals surface area contributed by atoms with Gasteiger partial charge in [-0.3, -0.25) is 5.43 Å². The number of halogens is 1. The topological polar surface area (TPSA) is 149 Å². The van der Waals surface area contributed by atoms with E-state index in [1.54, 1.807) is 37.3 Å². The Balaban J connectivity index is 1.43. The molecule has 0 radical (unpaired) electrons. The highest BCUT2D eigenvalue weighted by atomic mass is 79.9. The van der Waals surface area contributed by atoms with Crippen molar-refractivity contribution in [3.63, 3.8) is 0 Å². The highest BCUT2D eigenvalue weighted by molar-refractivity contribution is 9.10. The average Bonchev–Trinajstić information content (AvgIpc) is 3.34. The summed E-state index contributed by atoms with van der Waals surface area (Å²) in [4.78, 5) is 24.5. The van der Waals surface area contributed by atoms with Gasteiger partial charge in [0, 0.05) is 15.7 Å². The van der Waals surface area contributed by atoms with Crippen molar-refractivity contribution in [1.29, 1.82) is 0 Å². The number of allylic oxidation sites excluding steroid dienone is 1. The van der Waals surface area contributed by atoms with Crippen LogP contribution in [-0.4, -0.2) is 56.7 Å². The predicted molar refractivity (Wildman–Crippen MR) is 139 cm³/mol. The molecular formula is C25H27BrN4O8. The van der Waals surface area contributed by atoms with Crippen LogP contribution < -0.4 is 35.0 Å². The fourth-order valence-corrected chi connectivity index (χ4v) is 4.27. The van der Waals surface area contributed by atoms with E-state index >= 15 is 0 Å². The van der Waals surface area contributed by atoms with Crippen molar-refractivity contribution in [2.75, 3.05) is 27.1 Å². The van der Waals surface area contributed by atoms with Gasteiger partial charge < -0.3 is 39.4 Å². The Morgan fingerprint density at radius 3 is 2.76 bits per heavy atom. The van der Waals surface area contributed by atoms with E-state index in [1.165, 1.54) is 13.3 Å². The van der Waals surface area contributed by atoms with Crippen molar-refractivity contribution >= 4 is 34.1 Å². The molecule has 0 bridgehead atoms. The van der Waals surface area contributed by atoms with Crippen molar-refractivity contribution in [3.8, 4) is 23.0 Å². The fraction of sp³-hybridized carbons (Fsp3) is 0.320. The van der Waals surface area contributed by atoms with Gasteiger partial charge in [0.25, 0.3) is 0 Å². The molecule has 38 heavy (non-hydrogen) atoms. The van der Waals surface area contributed by atoms with Crippen LogP contribution in [0.1, 0.15) is 31.0 Å². The first-order valence-corrected chi connectivity index (χ1v) is 12.4. The maximum absolute atomic E-state index is 12.4. The van der Waals surface area contributed by atoms with Crippen LogP contribution in [0.3, 0.4) is 0 Å². The summed E-state index contributed by atoms with van der Waals surface area (Å²) >= 11 is 3.45. The van der Waals surface area contributed by atoms with Gasteiger partial charge in [-0.25, -0.2) is 9.59 Å².